The number of halogens is 1. The van der Waals surface area contributed by atoms with E-state index in [0.717, 1.165) is 5.69 Å². The summed E-state index contributed by atoms with van der Waals surface area (Å²) in [6.07, 6.45) is 3.26. The Kier molecular flexibility index (Phi) is 3.05. The molecule has 0 unspecified atom stereocenters. The number of nitrogens with zero attached hydrogens (tertiary/aromatic N) is 2. The highest BCUT2D eigenvalue weighted by atomic mass is 35.5. The third kappa shape index (κ3) is 1.95. The average Bonchev–Trinajstić information content (AvgIpc) is 2.17. The van der Waals surface area contributed by atoms with Gasteiger partial charge in [-0.1, -0.05) is 0 Å². The Morgan fingerprint density at radius 3 is 2.67 bits per heavy atom. The zero-order valence-electron chi connectivity index (χ0n) is 6.70. The fraction of sp³-hybridized carbons (Fsp3) is 0.250. The van der Waals surface area contributed by atoms with Gasteiger partial charge in [0.2, 0.25) is 5.91 Å². The smallest absolute Gasteiger partial charge is 0.241 e. The van der Waals surface area contributed by atoms with Gasteiger partial charge in [0, 0.05) is 25.1 Å². The van der Waals surface area contributed by atoms with Crippen LogP contribution < -0.4 is 4.90 Å². The molecule has 0 N–H and O–H groups in total. The summed E-state index contributed by atoms with van der Waals surface area (Å²) in [4.78, 5) is 16.4. The van der Waals surface area contributed by atoms with E-state index in [1.807, 2.05) is 0 Å². The average molecular weight is 185 g/mol. The van der Waals surface area contributed by atoms with Gasteiger partial charge in [0.15, 0.2) is 0 Å². The molecule has 0 saturated heterocycles. The van der Waals surface area contributed by atoms with Crippen LogP contribution in [0.25, 0.3) is 0 Å². The lowest BCUT2D eigenvalue weighted by Gasteiger charge is -2.14. The van der Waals surface area contributed by atoms with Crippen LogP contribution in [0, 0.1) is 0 Å². The first-order valence-corrected chi connectivity index (χ1v) is 4.01. The third-order valence-corrected chi connectivity index (χ3v) is 1.77. The molecule has 64 valence electrons. The lowest BCUT2D eigenvalue weighted by Crippen LogP contribution is -2.27. The highest BCUT2D eigenvalue weighted by Gasteiger charge is 2.07. The van der Waals surface area contributed by atoms with E-state index in [2.05, 4.69) is 4.98 Å². The molecular weight excluding hydrogens is 176 g/mol. The van der Waals surface area contributed by atoms with Crippen LogP contribution in [0.5, 0.6) is 0 Å². The predicted octanol–water partition coefficient (Wildman–Crippen LogP) is 1.28. The van der Waals surface area contributed by atoms with E-state index in [1.54, 1.807) is 31.6 Å². The summed E-state index contributed by atoms with van der Waals surface area (Å²) in [5.41, 5.74) is 0.802. The second-order valence-electron chi connectivity index (χ2n) is 2.29. The van der Waals surface area contributed by atoms with E-state index < -0.39 is 0 Å². The Balaban J connectivity index is 2.78. The van der Waals surface area contributed by atoms with Gasteiger partial charge in [-0.05, 0) is 12.1 Å². The monoisotopic (exact) mass is 184 g/mol. The molecule has 0 aliphatic carbocycles. The van der Waals surface area contributed by atoms with Crippen molar-refractivity contribution in [2.75, 3.05) is 17.8 Å². The molecular formula is C8H9ClN2O. The molecule has 0 spiro atoms. The molecule has 1 heterocycles. The molecule has 3 nitrogen and oxygen atoms in total. The second-order valence-corrected chi connectivity index (χ2v) is 2.56. The van der Waals surface area contributed by atoms with Gasteiger partial charge >= 0.3 is 0 Å². The number of amides is 1. The molecule has 0 saturated carbocycles. The maximum absolute atomic E-state index is 11.1. The number of hydrogen-bond acceptors (Lipinski definition) is 2. The molecule has 1 aromatic rings. The number of aromatic nitrogens is 1. The summed E-state index contributed by atoms with van der Waals surface area (Å²) >= 11 is 5.39. The minimum absolute atomic E-state index is 0.00117. The van der Waals surface area contributed by atoms with E-state index in [9.17, 15) is 4.79 Å². The summed E-state index contributed by atoms with van der Waals surface area (Å²) in [5.74, 6) is -0.124. The summed E-state index contributed by atoms with van der Waals surface area (Å²) < 4.78 is 0. The van der Waals surface area contributed by atoms with Crippen LogP contribution in [-0.4, -0.2) is 23.8 Å². The van der Waals surface area contributed by atoms with E-state index in [1.165, 1.54) is 4.90 Å². The zero-order valence-corrected chi connectivity index (χ0v) is 7.45. The fourth-order valence-electron chi connectivity index (χ4n) is 0.801. The summed E-state index contributed by atoms with van der Waals surface area (Å²) in [6, 6.07) is 3.51. The molecule has 0 aliphatic rings. The Labute approximate surface area is 76.0 Å². The first kappa shape index (κ1) is 9.00. The molecule has 1 amide bonds. The number of anilines is 1. The van der Waals surface area contributed by atoms with Crippen LogP contribution in [0.3, 0.4) is 0 Å². The SMILES string of the molecule is CN(C(=O)CCl)c1ccncc1. The van der Waals surface area contributed by atoms with Crippen LogP contribution in [0.4, 0.5) is 5.69 Å². The number of carbonyl (C=O) groups excluding carboxylic acids is 1. The first-order chi connectivity index (χ1) is 5.75. The fourth-order valence-corrected chi connectivity index (χ4v) is 0.981. The van der Waals surface area contributed by atoms with Crippen LogP contribution in [-0.2, 0) is 4.79 Å². The van der Waals surface area contributed by atoms with Crippen LogP contribution >= 0.6 is 11.6 Å². The van der Waals surface area contributed by atoms with E-state index in [4.69, 9.17) is 11.6 Å². The van der Waals surface area contributed by atoms with Crippen molar-refractivity contribution in [2.45, 2.75) is 0 Å². The largest absolute Gasteiger partial charge is 0.314 e. The molecule has 4 heteroatoms. The molecule has 1 rings (SSSR count). The van der Waals surface area contributed by atoms with Crippen molar-refractivity contribution < 1.29 is 4.79 Å². The quantitative estimate of drug-likeness (QED) is 0.649. The van der Waals surface area contributed by atoms with E-state index in [0.29, 0.717) is 0 Å². The van der Waals surface area contributed by atoms with Crippen molar-refractivity contribution in [3.8, 4) is 0 Å². The lowest BCUT2D eigenvalue weighted by molar-refractivity contribution is -0.116. The van der Waals surface area contributed by atoms with E-state index >= 15 is 0 Å². The van der Waals surface area contributed by atoms with Gasteiger partial charge in [0.05, 0.1) is 0 Å². The van der Waals surface area contributed by atoms with Crippen LogP contribution in [0.1, 0.15) is 0 Å². The Morgan fingerprint density at radius 2 is 2.17 bits per heavy atom. The number of alkyl halides is 1. The number of hydrogen-bond donors (Lipinski definition) is 0. The van der Waals surface area contributed by atoms with Gasteiger partial charge in [-0.25, -0.2) is 0 Å². The van der Waals surface area contributed by atoms with Gasteiger partial charge < -0.3 is 4.90 Å². The standard InChI is InChI=1S/C8H9ClN2O/c1-11(8(12)6-9)7-2-4-10-5-3-7/h2-5H,6H2,1H3. The maximum Gasteiger partial charge on any atom is 0.241 e. The van der Waals surface area contributed by atoms with Crippen molar-refractivity contribution in [3.05, 3.63) is 24.5 Å². The molecule has 0 fully saturated rings. The van der Waals surface area contributed by atoms with Crippen molar-refractivity contribution in [3.63, 3.8) is 0 Å². The van der Waals surface area contributed by atoms with Gasteiger partial charge in [-0.3, -0.25) is 9.78 Å². The summed E-state index contributed by atoms with van der Waals surface area (Å²) in [7, 11) is 1.68. The van der Waals surface area contributed by atoms with Crippen LogP contribution in [0.2, 0.25) is 0 Å². The molecule has 12 heavy (non-hydrogen) atoms. The molecule has 0 bridgehead atoms. The number of rotatable bonds is 2. The van der Waals surface area contributed by atoms with Gasteiger partial charge in [0.25, 0.3) is 0 Å². The van der Waals surface area contributed by atoms with Crippen LogP contribution in [0.15, 0.2) is 24.5 Å². The molecule has 1 aromatic heterocycles. The molecule has 0 aliphatic heterocycles. The lowest BCUT2D eigenvalue weighted by atomic mass is 10.4. The van der Waals surface area contributed by atoms with Gasteiger partial charge in [-0.15, -0.1) is 11.6 Å². The van der Waals surface area contributed by atoms with E-state index in [-0.39, 0.29) is 11.8 Å². The zero-order chi connectivity index (χ0) is 8.97. The summed E-state index contributed by atoms with van der Waals surface area (Å²) in [6.45, 7) is 0. The predicted molar refractivity (Wildman–Crippen MR) is 48.4 cm³/mol. The minimum atomic E-state index is -0.122. The third-order valence-electron chi connectivity index (χ3n) is 1.54. The minimum Gasteiger partial charge on any atom is -0.314 e. The normalized spacial score (nSPS) is 9.50. The van der Waals surface area contributed by atoms with Crippen molar-refractivity contribution in [2.24, 2.45) is 0 Å². The summed E-state index contributed by atoms with van der Waals surface area (Å²) in [5, 5.41) is 0. The molecule has 0 atom stereocenters. The van der Waals surface area contributed by atoms with Crippen molar-refractivity contribution >= 4 is 23.2 Å². The molecule has 0 radical (unpaired) electrons. The Hall–Kier alpha value is -1.09. The van der Waals surface area contributed by atoms with Crippen molar-refractivity contribution in [1.29, 1.82) is 0 Å². The van der Waals surface area contributed by atoms with Gasteiger partial charge in [0.1, 0.15) is 5.88 Å². The highest BCUT2D eigenvalue weighted by Crippen LogP contribution is 2.09. The Morgan fingerprint density at radius 1 is 1.58 bits per heavy atom. The first-order valence-electron chi connectivity index (χ1n) is 3.48. The molecule has 0 aromatic carbocycles. The number of pyridine rings is 1. The number of carbonyl (C=O) groups is 1. The second kappa shape index (κ2) is 4.07. The van der Waals surface area contributed by atoms with Gasteiger partial charge in [-0.2, -0.15) is 0 Å². The topological polar surface area (TPSA) is 33.2 Å². The van der Waals surface area contributed by atoms with Crippen molar-refractivity contribution in [1.82, 2.24) is 4.98 Å². The highest BCUT2D eigenvalue weighted by molar-refractivity contribution is 6.29. The Bertz CT molecular complexity index is 263. The maximum atomic E-state index is 11.1.